The van der Waals surface area contributed by atoms with E-state index in [0.717, 1.165) is 0 Å². The van der Waals surface area contributed by atoms with E-state index < -0.39 is 6.10 Å². The van der Waals surface area contributed by atoms with Crippen LogP contribution in [0, 0.1) is 0 Å². The van der Waals surface area contributed by atoms with Crippen molar-refractivity contribution in [2.24, 2.45) is 0 Å². The average Bonchev–Trinajstić information content (AvgIpc) is 2.13. The molecule has 0 radical (unpaired) electrons. The Hall–Kier alpha value is -0.650. The van der Waals surface area contributed by atoms with Gasteiger partial charge in [-0.15, -0.1) is 0 Å². The number of hydrogen-bond acceptors (Lipinski definition) is 4. The quantitative estimate of drug-likeness (QED) is 0.449. The standard InChI is InChI=1S/C9H20N2O3/c1-3-11-9(13)6-10-5-4-8(12)7-14-2/h8,10,12H,3-7H2,1-2H3,(H,11,13). The predicted octanol–water partition coefficient (Wildman–Crippen LogP) is -0.890. The number of aliphatic hydroxyl groups is 1. The molecule has 14 heavy (non-hydrogen) atoms. The molecule has 1 amide bonds. The molecule has 0 saturated carbocycles. The van der Waals surface area contributed by atoms with E-state index in [1.807, 2.05) is 6.92 Å². The van der Waals surface area contributed by atoms with Crippen LogP contribution < -0.4 is 10.6 Å². The minimum Gasteiger partial charge on any atom is -0.391 e. The fourth-order valence-electron chi connectivity index (χ4n) is 1.01. The first-order valence-corrected chi connectivity index (χ1v) is 4.85. The fraction of sp³-hybridized carbons (Fsp3) is 0.889. The predicted molar refractivity (Wildman–Crippen MR) is 54.1 cm³/mol. The van der Waals surface area contributed by atoms with Crippen molar-refractivity contribution >= 4 is 5.91 Å². The van der Waals surface area contributed by atoms with E-state index in [9.17, 15) is 9.90 Å². The molecule has 0 aliphatic rings. The maximum absolute atomic E-state index is 11.0. The van der Waals surface area contributed by atoms with Crippen LogP contribution in [0.25, 0.3) is 0 Å². The van der Waals surface area contributed by atoms with Crippen LogP contribution in [-0.4, -0.2) is 50.5 Å². The van der Waals surface area contributed by atoms with Crippen LogP contribution in [0.15, 0.2) is 0 Å². The van der Waals surface area contributed by atoms with Crippen LogP contribution in [0.4, 0.5) is 0 Å². The summed E-state index contributed by atoms with van der Waals surface area (Å²) < 4.78 is 4.76. The number of amides is 1. The van der Waals surface area contributed by atoms with Crippen LogP contribution >= 0.6 is 0 Å². The van der Waals surface area contributed by atoms with E-state index in [1.54, 1.807) is 7.11 Å². The van der Waals surface area contributed by atoms with Gasteiger partial charge >= 0.3 is 0 Å². The number of rotatable bonds is 8. The van der Waals surface area contributed by atoms with Crippen molar-refractivity contribution in [2.45, 2.75) is 19.4 Å². The topological polar surface area (TPSA) is 70.6 Å². The highest BCUT2D eigenvalue weighted by Crippen LogP contribution is 1.89. The average molecular weight is 204 g/mol. The van der Waals surface area contributed by atoms with Crippen molar-refractivity contribution < 1.29 is 14.6 Å². The van der Waals surface area contributed by atoms with Gasteiger partial charge < -0.3 is 20.5 Å². The van der Waals surface area contributed by atoms with Gasteiger partial charge in [0.05, 0.1) is 19.3 Å². The summed E-state index contributed by atoms with van der Waals surface area (Å²) in [6.45, 7) is 3.77. The molecule has 0 spiro atoms. The summed E-state index contributed by atoms with van der Waals surface area (Å²) in [5, 5.41) is 14.9. The molecule has 5 nitrogen and oxygen atoms in total. The van der Waals surface area contributed by atoms with E-state index in [0.29, 0.717) is 32.7 Å². The first-order chi connectivity index (χ1) is 6.70. The minimum absolute atomic E-state index is 0.0197. The number of hydrogen-bond donors (Lipinski definition) is 3. The van der Waals surface area contributed by atoms with Gasteiger partial charge in [-0.2, -0.15) is 0 Å². The smallest absolute Gasteiger partial charge is 0.233 e. The fourth-order valence-corrected chi connectivity index (χ4v) is 1.01. The van der Waals surface area contributed by atoms with Crippen molar-refractivity contribution in [3.05, 3.63) is 0 Å². The molecule has 0 heterocycles. The molecule has 0 aromatic heterocycles. The second-order valence-corrected chi connectivity index (χ2v) is 3.03. The summed E-state index contributed by atoms with van der Waals surface area (Å²) >= 11 is 0. The highest BCUT2D eigenvalue weighted by atomic mass is 16.5. The van der Waals surface area contributed by atoms with E-state index in [2.05, 4.69) is 10.6 Å². The zero-order valence-corrected chi connectivity index (χ0v) is 8.88. The molecule has 0 saturated heterocycles. The Morgan fingerprint density at radius 3 is 2.86 bits per heavy atom. The molecule has 0 aliphatic carbocycles. The Balaban J connectivity index is 3.24. The zero-order valence-electron chi connectivity index (χ0n) is 8.88. The number of carbonyl (C=O) groups is 1. The molecule has 0 aliphatic heterocycles. The normalized spacial score (nSPS) is 12.5. The van der Waals surface area contributed by atoms with Crippen molar-refractivity contribution in [1.82, 2.24) is 10.6 Å². The van der Waals surface area contributed by atoms with Crippen molar-refractivity contribution in [2.75, 3.05) is 33.4 Å². The van der Waals surface area contributed by atoms with Gasteiger partial charge in [0, 0.05) is 13.7 Å². The monoisotopic (exact) mass is 204 g/mol. The minimum atomic E-state index is -0.457. The second-order valence-electron chi connectivity index (χ2n) is 3.03. The molecule has 1 unspecified atom stereocenters. The van der Waals surface area contributed by atoms with Crippen molar-refractivity contribution in [3.63, 3.8) is 0 Å². The van der Waals surface area contributed by atoms with E-state index in [-0.39, 0.29) is 5.91 Å². The van der Waals surface area contributed by atoms with Gasteiger partial charge in [-0.3, -0.25) is 4.79 Å². The van der Waals surface area contributed by atoms with Gasteiger partial charge in [0.25, 0.3) is 0 Å². The van der Waals surface area contributed by atoms with Crippen LogP contribution in [-0.2, 0) is 9.53 Å². The molecule has 3 N–H and O–H groups in total. The summed E-state index contributed by atoms with van der Waals surface area (Å²) in [7, 11) is 1.55. The van der Waals surface area contributed by atoms with Gasteiger partial charge in [-0.05, 0) is 19.9 Å². The lowest BCUT2D eigenvalue weighted by molar-refractivity contribution is -0.120. The molecular formula is C9H20N2O3. The molecule has 84 valence electrons. The summed E-state index contributed by atoms with van der Waals surface area (Å²) in [6, 6.07) is 0. The molecule has 0 rings (SSSR count). The summed E-state index contributed by atoms with van der Waals surface area (Å²) in [4.78, 5) is 11.0. The summed E-state index contributed by atoms with van der Waals surface area (Å²) in [5.74, 6) is -0.0197. The van der Waals surface area contributed by atoms with E-state index >= 15 is 0 Å². The lowest BCUT2D eigenvalue weighted by Crippen LogP contribution is -2.35. The Morgan fingerprint density at radius 2 is 2.29 bits per heavy atom. The van der Waals surface area contributed by atoms with Gasteiger partial charge in [0.2, 0.25) is 5.91 Å². The molecule has 0 fully saturated rings. The van der Waals surface area contributed by atoms with E-state index in [1.165, 1.54) is 0 Å². The second kappa shape index (κ2) is 8.93. The highest BCUT2D eigenvalue weighted by molar-refractivity contribution is 5.77. The maximum atomic E-state index is 11.0. The number of ether oxygens (including phenoxy) is 1. The third kappa shape index (κ3) is 7.97. The lowest BCUT2D eigenvalue weighted by Gasteiger charge is -2.09. The molecule has 0 bridgehead atoms. The van der Waals surface area contributed by atoms with Crippen LogP contribution in [0.5, 0.6) is 0 Å². The summed E-state index contributed by atoms with van der Waals surface area (Å²) in [6.07, 6.45) is 0.134. The van der Waals surface area contributed by atoms with Crippen LogP contribution in [0.2, 0.25) is 0 Å². The number of carbonyl (C=O) groups excluding carboxylic acids is 1. The number of nitrogens with one attached hydrogen (secondary N) is 2. The largest absolute Gasteiger partial charge is 0.391 e. The van der Waals surface area contributed by atoms with Gasteiger partial charge in [0.15, 0.2) is 0 Å². The van der Waals surface area contributed by atoms with Crippen LogP contribution in [0.3, 0.4) is 0 Å². The van der Waals surface area contributed by atoms with Crippen molar-refractivity contribution in [1.29, 1.82) is 0 Å². The number of likely N-dealkylation sites (N-methyl/N-ethyl adjacent to an activating group) is 1. The SMILES string of the molecule is CCNC(=O)CNCCC(O)COC. The molecule has 0 aromatic carbocycles. The Kier molecular flexibility index (Phi) is 8.51. The zero-order chi connectivity index (χ0) is 10.8. The van der Waals surface area contributed by atoms with Gasteiger partial charge in [-0.25, -0.2) is 0 Å². The molecule has 1 atom stereocenters. The van der Waals surface area contributed by atoms with Crippen molar-refractivity contribution in [3.8, 4) is 0 Å². The third-order valence-corrected chi connectivity index (χ3v) is 1.67. The molecule has 0 aromatic rings. The van der Waals surface area contributed by atoms with Gasteiger partial charge in [0.1, 0.15) is 0 Å². The highest BCUT2D eigenvalue weighted by Gasteiger charge is 2.03. The Bertz CT molecular complexity index is 153. The molecular weight excluding hydrogens is 184 g/mol. The Labute approximate surface area is 84.8 Å². The van der Waals surface area contributed by atoms with E-state index in [4.69, 9.17) is 4.74 Å². The number of methoxy groups -OCH3 is 1. The Morgan fingerprint density at radius 1 is 1.57 bits per heavy atom. The molecule has 5 heteroatoms. The first kappa shape index (κ1) is 13.4. The maximum Gasteiger partial charge on any atom is 0.233 e. The lowest BCUT2D eigenvalue weighted by atomic mass is 10.2. The summed E-state index contributed by atoms with van der Waals surface area (Å²) in [5.41, 5.74) is 0. The first-order valence-electron chi connectivity index (χ1n) is 4.85. The third-order valence-electron chi connectivity index (χ3n) is 1.67. The van der Waals surface area contributed by atoms with Crippen LogP contribution in [0.1, 0.15) is 13.3 Å². The van der Waals surface area contributed by atoms with Gasteiger partial charge in [-0.1, -0.05) is 0 Å². The number of aliphatic hydroxyl groups excluding tert-OH is 1.